The standard InChI is InChI=1S/C10H6Br2N2O4S2/c11-7-4-6(9(12)19-7)20(17,18)14-5-2-1-3-13-8(5)10(15)16/h1-4,14H,(H,15,16). The van der Waals surface area contributed by atoms with Gasteiger partial charge < -0.3 is 5.11 Å². The molecule has 0 aliphatic rings. The molecule has 10 heteroatoms. The normalized spacial score (nSPS) is 11.3. The Morgan fingerprint density at radius 2 is 2.10 bits per heavy atom. The fourth-order valence-electron chi connectivity index (χ4n) is 1.37. The van der Waals surface area contributed by atoms with E-state index < -0.39 is 16.0 Å². The highest BCUT2D eigenvalue weighted by Gasteiger charge is 2.23. The van der Waals surface area contributed by atoms with Crippen LogP contribution in [-0.2, 0) is 10.0 Å². The second-order valence-electron chi connectivity index (χ2n) is 3.50. The number of hydrogen-bond donors (Lipinski definition) is 2. The first-order valence-electron chi connectivity index (χ1n) is 4.97. The molecule has 6 nitrogen and oxygen atoms in total. The third-order valence-electron chi connectivity index (χ3n) is 2.17. The predicted molar refractivity (Wildman–Crippen MR) is 81.7 cm³/mol. The molecule has 2 aromatic heterocycles. The van der Waals surface area contributed by atoms with Crippen LogP contribution < -0.4 is 4.72 Å². The van der Waals surface area contributed by atoms with Crippen molar-refractivity contribution in [2.24, 2.45) is 0 Å². The summed E-state index contributed by atoms with van der Waals surface area (Å²) in [6.45, 7) is 0. The number of anilines is 1. The zero-order chi connectivity index (χ0) is 14.9. The maximum atomic E-state index is 12.2. The van der Waals surface area contributed by atoms with Crippen LogP contribution in [0, 0.1) is 0 Å². The van der Waals surface area contributed by atoms with Gasteiger partial charge in [-0.3, -0.25) is 4.72 Å². The number of sulfonamides is 1. The number of hydrogen-bond acceptors (Lipinski definition) is 5. The molecule has 0 radical (unpaired) electrons. The molecule has 2 N–H and O–H groups in total. The number of nitrogens with zero attached hydrogens (tertiary/aromatic N) is 1. The van der Waals surface area contributed by atoms with Crippen molar-refractivity contribution >= 4 is 64.9 Å². The van der Waals surface area contributed by atoms with E-state index in [1.54, 1.807) is 0 Å². The van der Waals surface area contributed by atoms with E-state index in [4.69, 9.17) is 5.11 Å². The van der Waals surface area contributed by atoms with E-state index >= 15 is 0 Å². The summed E-state index contributed by atoms with van der Waals surface area (Å²) in [7, 11) is -3.90. The van der Waals surface area contributed by atoms with Gasteiger partial charge in [0.15, 0.2) is 5.69 Å². The van der Waals surface area contributed by atoms with E-state index in [-0.39, 0.29) is 16.3 Å². The van der Waals surface area contributed by atoms with E-state index in [0.717, 1.165) is 0 Å². The monoisotopic (exact) mass is 440 g/mol. The summed E-state index contributed by atoms with van der Waals surface area (Å²) in [5.41, 5.74) is -0.448. The Hall–Kier alpha value is -0.970. The lowest BCUT2D eigenvalue weighted by Crippen LogP contribution is -2.16. The van der Waals surface area contributed by atoms with Gasteiger partial charge in [0.25, 0.3) is 10.0 Å². The molecular weight excluding hydrogens is 436 g/mol. The van der Waals surface area contributed by atoms with Gasteiger partial charge in [0.2, 0.25) is 0 Å². The van der Waals surface area contributed by atoms with Crippen molar-refractivity contribution in [2.45, 2.75) is 4.90 Å². The number of carbonyl (C=O) groups is 1. The second kappa shape index (κ2) is 5.80. The van der Waals surface area contributed by atoms with Crippen molar-refractivity contribution < 1.29 is 18.3 Å². The van der Waals surface area contributed by atoms with Gasteiger partial charge in [-0.05, 0) is 50.1 Å². The highest BCUT2D eigenvalue weighted by Crippen LogP contribution is 2.35. The molecule has 106 valence electrons. The molecule has 2 heterocycles. The fraction of sp³-hybridized carbons (Fsp3) is 0. The molecule has 0 atom stereocenters. The van der Waals surface area contributed by atoms with Gasteiger partial charge in [-0.2, -0.15) is 0 Å². The molecule has 0 saturated carbocycles. The number of rotatable bonds is 4. The van der Waals surface area contributed by atoms with Crippen molar-refractivity contribution in [3.8, 4) is 0 Å². The lowest BCUT2D eigenvalue weighted by Gasteiger charge is -2.08. The molecule has 0 aromatic carbocycles. The summed E-state index contributed by atoms with van der Waals surface area (Å²) in [6, 6.07) is 4.21. The van der Waals surface area contributed by atoms with E-state index in [0.29, 0.717) is 7.57 Å². The largest absolute Gasteiger partial charge is 0.476 e. The lowest BCUT2D eigenvalue weighted by molar-refractivity contribution is 0.0692. The fourth-order valence-corrected chi connectivity index (χ4v) is 6.25. The van der Waals surface area contributed by atoms with E-state index in [2.05, 4.69) is 41.6 Å². The number of carboxylic acids is 1. The van der Waals surface area contributed by atoms with Gasteiger partial charge in [0.1, 0.15) is 4.90 Å². The van der Waals surface area contributed by atoms with Gasteiger partial charge >= 0.3 is 5.97 Å². The van der Waals surface area contributed by atoms with E-state index in [1.807, 2.05) is 0 Å². The topological polar surface area (TPSA) is 96.4 Å². The van der Waals surface area contributed by atoms with Crippen LogP contribution in [0.4, 0.5) is 5.69 Å². The van der Waals surface area contributed by atoms with Gasteiger partial charge in [-0.25, -0.2) is 18.2 Å². The number of aromatic nitrogens is 1. The summed E-state index contributed by atoms with van der Waals surface area (Å²) in [4.78, 5) is 14.7. The van der Waals surface area contributed by atoms with Crippen molar-refractivity contribution in [3.63, 3.8) is 0 Å². The third-order valence-corrected chi connectivity index (χ3v) is 6.29. The summed E-state index contributed by atoms with van der Waals surface area (Å²) in [5, 5.41) is 8.98. The number of carboxylic acid groups (broad SMARTS) is 1. The number of halogens is 2. The van der Waals surface area contributed by atoms with Crippen LogP contribution in [0.25, 0.3) is 0 Å². The highest BCUT2D eigenvalue weighted by atomic mass is 79.9. The number of pyridine rings is 1. The lowest BCUT2D eigenvalue weighted by atomic mass is 10.3. The SMILES string of the molecule is O=C(O)c1ncccc1NS(=O)(=O)c1cc(Br)sc1Br. The number of thiophene rings is 1. The molecule has 0 amide bonds. The second-order valence-corrected chi connectivity index (χ2v) is 8.90. The summed E-state index contributed by atoms with van der Waals surface area (Å²) >= 11 is 7.54. The average Bonchev–Trinajstić information content (AvgIpc) is 2.69. The molecule has 0 spiro atoms. The first kappa shape index (κ1) is 15.4. The van der Waals surface area contributed by atoms with Crippen molar-refractivity contribution in [1.82, 2.24) is 4.98 Å². The molecule has 0 saturated heterocycles. The van der Waals surface area contributed by atoms with Crippen LogP contribution in [0.1, 0.15) is 10.5 Å². The molecule has 0 fully saturated rings. The predicted octanol–water partition coefficient (Wildman–Crippen LogP) is 3.17. The molecular formula is C10H6Br2N2O4S2. The average molecular weight is 442 g/mol. The quantitative estimate of drug-likeness (QED) is 0.759. The summed E-state index contributed by atoms with van der Waals surface area (Å²) in [6.07, 6.45) is 1.28. The third kappa shape index (κ3) is 3.19. The van der Waals surface area contributed by atoms with Crippen LogP contribution in [0.3, 0.4) is 0 Å². The molecule has 2 rings (SSSR count). The Labute approximate surface area is 135 Å². The molecule has 0 unspecified atom stereocenters. The zero-order valence-corrected chi connectivity index (χ0v) is 14.3. The molecule has 2 aromatic rings. The minimum Gasteiger partial charge on any atom is -0.476 e. The Kier molecular flexibility index (Phi) is 4.47. The smallest absolute Gasteiger partial charge is 0.356 e. The zero-order valence-electron chi connectivity index (χ0n) is 9.50. The first-order chi connectivity index (χ1) is 9.31. The Balaban J connectivity index is 2.44. The van der Waals surface area contributed by atoms with Gasteiger partial charge in [0.05, 0.1) is 13.3 Å². The minimum atomic E-state index is -3.90. The van der Waals surface area contributed by atoms with Crippen LogP contribution in [0.15, 0.2) is 36.9 Å². The van der Waals surface area contributed by atoms with Gasteiger partial charge in [0, 0.05) is 6.20 Å². The maximum absolute atomic E-state index is 12.2. The Morgan fingerprint density at radius 1 is 1.40 bits per heavy atom. The van der Waals surface area contributed by atoms with Crippen molar-refractivity contribution in [2.75, 3.05) is 4.72 Å². The van der Waals surface area contributed by atoms with Crippen LogP contribution >= 0.6 is 43.2 Å². The van der Waals surface area contributed by atoms with Gasteiger partial charge in [-0.15, -0.1) is 11.3 Å². The molecule has 0 bridgehead atoms. The molecule has 0 aliphatic carbocycles. The van der Waals surface area contributed by atoms with Gasteiger partial charge in [-0.1, -0.05) is 0 Å². The first-order valence-corrected chi connectivity index (χ1v) is 8.86. The maximum Gasteiger partial charge on any atom is 0.356 e. The summed E-state index contributed by atoms with van der Waals surface area (Å²) in [5.74, 6) is -1.31. The van der Waals surface area contributed by atoms with Crippen LogP contribution in [0.2, 0.25) is 0 Å². The van der Waals surface area contributed by atoms with E-state index in [9.17, 15) is 13.2 Å². The van der Waals surface area contributed by atoms with Crippen molar-refractivity contribution in [1.29, 1.82) is 0 Å². The van der Waals surface area contributed by atoms with Crippen LogP contribution in [-0.4, -0.2) is 24.5 Å². The summed E-state index contributed by atoms with van der Waals surface area (Å²) < 4.78 is 27.7. The highest BCUT2D eigenvalue weighted by molar-refractivity contribution is 9.12. The molecule has 20 heavy (non-hydrogen) atoms. The van der Waals surface area contributed by atoms with Crippen LogP contribution in [0.5, 0.6) is 0 Å². The number of nitrogens with one attached hydrogen (secondary N) is 1. The number of aromatic carboxylic acids is 1. The van der Waals surface area contributed by atoms with Crippen molar-refractivity contribution in [3.05, 3.63) is 37.7 Å². The Bertz CT molecular complexity index is 773. The van der Waals surface area contributed by atoms with E-state index in [1.165, 1.54) is 35.7 Å². The molecule has 0 aliphatic heterocycles. The minimum absolute atomic E-state index is 0.0227. The Morgan fingerprint density at radius 3 is 2.65 bits per heavy atom.